The molecule has 0 amide bonds. The molecular formula is C45H62O8S2. The average Bonchev–Trinajstić information content (AvgIpc) is 2.99. The molecule has 55 heavy (non-hydrogen) atoms. The van der Waals surface area contributed by atoms with Crippen molar-refractivity contribution in [3.63, 3.8) is 0 Å². The van der Waals surface area contributed by atoms with Gasteiger partial charge in [0.1, 0.15) is 33.8 Å². The Morgan fingerprint density at radius 3 is 1.07 bits per heavy atom. The van der Waals surface area contributed by atoms with E-state index >= 15 is 0 Å². The summed E-state index contributed by atoms with van der Waals surface area (Å²) >= 11 is 0. The molecule has 0 aliphatic carbocycles. The zero-order valence-corrected chi connectivity index (χ0v) is 37.3. The Bertz CT molecular complexity index is 1960. The van der Waals surface area contributed by atoms with Crippen LogP contribution >= 0.6 is 10.3 Å². The molecule has 0 N–H and O–H groups in total. The van der Waals surface area contributed by atoms with Gasteiger partial charge in [-0.25, -0.2) is 3.63 Å². The molecule has 0 aliphatic rings. The lowest BCUT2D eigenvalue weighted by atomic mass is 10.1. The van der Waals surface area contributed by atoms with Gasteiger partial charge in [0.05, 0.1) is 4.90 Å². The van der Waals surface area contributed by atoms with Crippen molar-refractivity contribution >= 4 is 20.4 Å². The van der Waals surface area contributed by atoms with E-state index in [2.05, 4.69) is 0 Å². The quantitative estimate of drug-likeness (QED) is 0.148. The number of ether oxygens (including phenoxy) is 5. The van der Waals surface area contributed by atoms with Crippen LogP contribution in [0, 0.1) is 6.92 Å². The minimum absolute atomic E-state index is 0.0281. The third-order valence-electron chi connectivity index (χ3n) is 7.24. The molecule has 4 rings (SSSR count). The molecule has 8 nitrogen and oxygen atoms in total. The van der Waals surface area contributed by atoms with Gasteiger partial charge in [0.2, 0.25) is 0 Å². The molecule has 4 aromatic carbocycles. The first-order valence-electron chi connectivity index (χ1n) is 18.6. The van der Waals surface area contributed by atoms with E-state index in [-0.39, 0.29) is 4.90 Å². The first-order valence-corrected chi connectivity index (χ1v) is 21.6. The van der Waals surface area contributed by atoms with Crippen LogP contribution in [0.4, 0.5) is 0 Å². The maximum absolute atomic E-state index is 14.7. The van der Waals surface area contributed by atoms with E-state index in [0.717, 1.165) is 5.56 Å². The van der Waals surface area contributed by atoms with Crippen LogP contribution in [-0.4, -0.2) is 36.4 Å². The number of hydrogen-bond acceptors (Lipinski definition) is 8. The second-order valence-electron chi connectivity index (χ2n) is 18.7. The van der Waals surface area contributed by atoms with Gasteiger partial charge in [0.15, 0.2) is 23.0 Å². The fourth-order valence-corrected chi connectivity index (χ4v) is 10.6. The predicted molar refractivity (Wildman–Crippen MR) is 223 cm³/mol. The molecule has 0 fully saturated rings. The van der Waals surface area contributed by atoms with Crippen molar-refractivity contribution in [3.8, 4) is 28.7 Å². The van der Waals surface area contributed by atoms with E-state index in [1.807, 2.05) is 171 Å². The van der Waals surface area contributed by atoms with Gasteiger partial charge >= 0.3 is 10.1 Å². The summed E-state index contributed by atoms with van der Waals surface area (Å²) < 4.78 is 68.5. The molecule has 0 unspecified atom stereocenters. The molecule has 0 atom stereocenters. The zero-order chi connectivity index (χ0) is 41.4. The molecule has 0 bridgehead atoms. The number of hydrogen-bond donors (Lipinski definition) is 0. The minimum atomic E-state index is -4.43. The zero-order valence-electron chi connectivity index (χ0n) is 35.7. The molecule has 0 saturated carbocycles. The lowest BCUT2D eigenvalue weighted by Crippen LogP contribution is -2.27. The van der Waals surface area contributed by atoms with Gasteiger partial charge in [0.25, 0.3) is 0 Å². The third kappa shape index (κ3) is 12.3. The normalized spacial score (nSPS) is 13.6. The summed E-state index contributed by atoms with van der Waals surface area (Å²) in [5, 5.41) is 0. The first-order chi connectivity index (χ1) is 24.9. The highest BCUT2D eigenvalue weighted by atomic mass is 32.3. The summed E-state index contributed by atoms with van der Waals surface area (Å²) in [7, 11) is -7.63. The lowest BCUT2D eigenvalue weighted by molar-refractivity contribution is 0.0953. The molecule has 0 spiro atoms. The summed E-state index contributed by atoms with van der Waals surface area (Å²) in [6.45, 7) is 31.4. The van der Waals surface area contributed by atoms with Crippen molar-refractivity contribution in [2.45, 2.75) is 158 Å². The maximum atomic E-state index is 14.7. The van der Waals surface area contributed by atoms with Crippen molar-refractivity contribution in [2.24, 2.45) is 0 Å². The van der Waals surface area contributed by atoms with Gasteiger partial charge in [-0.1, -0.05) is 17.7 Å². The van der Waals surface area contributed by atoms with Crippen molar-refractivity contribution < 1.29 is 35.7 Å². The van der Waals surface area contributed by atoms with E-state index in [1.165, 1.54) is 0 Å². The van der Waals surface area contributed by atoms with Crippen LogP contribution in [-0.2, 0) is 13.7 Å². The second kappa shape index (κ2) is 15.6. The summed E-state index contributed by atoms with van der Waals surface area (Å²) in [6, 6.07) is 25.1. The monoisotopic (exact) mass is 794 g/mol. The molecule has 0 radical (unpaired) electrons. The molecule has 302 valence electrons. The van der Waals surface area contributed by atoms with E-state index in [0.29, 0.717) is 43.4 Å². The van der Waals surface area contributed by atoms with Crippen LogP contribution in [0.5, 0.6) is 28.7 Å². The van der Waals surface area contributed by atoms with Crippen LogP contribution in [0.1, 0.15) is 109 Å². The molecule has 0 heterocycles. The Morgan fingerprint density at radius 2 is 0.709 bits per heavy atom. The van der Waals surface area contributed by atoms with Crippen molar-refractivity contribution in [1.82, 2.24) is 0 Å². The third-order valence-corrected chi connectivity index (χ3v) is 12.4. The Hall–Kier alpha value is -3.86. The highest BCUT2D eigenvalue weighted by molar-refractivity contribution is 8.33. The molecule has 0 aliphatic heterocycles. The Balaban J connectivity index is 2.19. The van der Waals surface area contributed by atoms with Gasteiger partial charge in [-0.05, 0) is 194 Å². The predicted octanol–water partition coefficient (Wildman–Crippen LogP) is 12.5. The standard InChI is InChI=1S/C45H62O8S2/c1-31-17-21-34(22-18-31)55(46,47)53-54(33-23-19-32(20-24-33)48-41(2,3)4,35-25-27-37(49-42(5,6)7)39(29-35)51-44(11,12)13)36-26-28-38(50-43(8,9)10)40(30-36)52-45(14,15)16/h17-30H,1-16H3. The topological polar surface area (TPSA) is 89.5 Å². The SMILES string of the molecule is Cc1ccc(S(=O)(=O)OS(c2ccc(OC(C)(C)C)cc2)(c2ccc(OC(C)(C)C)c(OC(C)(C)C)c2)c2ccc(OC(C)(C)C)c(OC(C)(C)C)c2)cc1. The molecule has 0 aromatic heterocycles. The van der Waals surface area contributed by atoms with Gasteiger partial charge in [-0.2, -0.15) is 8.42 Å². The minimum Gasteiger partial charge on any atom is -0.488 e. The Morgan fingerprint density at radius 1 is 0.382 bits per heavy atom. The van der Waals surface area contributed by atoms with E-state index < -0.39 is 48.4 Å². The molecular weight excluding hydrogens is 733 g/mol. The Labute approximate surface area is 332 Å². The maximum Gasteiger partial charge on any atom is 0.307 e. The number of rotatable bonds is 11. The van der Waals surface area contributed by atoms with Crippen molar-refractivity contribution in [3.05, 3.63) is 90.5 Å². The van der Waals surface area contributed by atoms with E-state index in [1.54, 1.807) is 24.3 Å². The number of benzene rings is 4. The fraction of sp³-hybridized carbons (Fsp3) is 0.467. The van der Waals surface area contributed by atoms with Gasteiger partial charge in [-0.3, -0.25) is 0 Å². The summed E-state index contributed by atoms with van der Waals surface area (Å²) in [5.41, 5.74) is -1.86. The molecule has 0 saturated heterocycles. The highest BCUT2D eigenvalue weighted by Crippen LogP contribution is 2.72. The first kappa shape index (κ1) is 43.9. The highest BCUT2D eigenvalue weighted by Gasteiger charge is 2.41. The fourth-order valence-electron chi connectivity index (χ4n) is 5.44. The Kier molecular flexibility index (Phi) is 12.4. The van der Waals surface area contributed by atoms with Crippen LogP contribution in [0.2, 0.25) is 0 Å². The molecule has 10 heteroatoms. The van der Waals surface area contributed by atoms with Crippen LogP contribution < -0.4 is 23.7 Å². The smallest absolute Gasteiger partial charge is 0.307 e. The molecule has 4 aromatic rings. The van der Waals surface area contributed by atoms with Gasteiger partial charge < -0.3 is 23.7 Å². The van der Waals surface area contributed by atoms with E-state index in [9.17, 15) is 8.42 Å². The van der Waals surface area contributed by atoms with E-state index in [4.69, 9.17) is 27.3 Å². The van der Waals surface area contributed by atoms with Crippen LogP contribution in [0.3, 0.4) is 0 Å². The summed E-state index contributed by atoms with van der Waals surface area (Å²) in [6.07, 6.45) is 0. The number of aryl methyl sites for hydroxylation is 1. The summed E-state index contributed by atoms with van der Waals surface area (Å²) in [4.78, 5) is 1.74. The van der Waals surface area contributed by atoms with Gasteiger partial charge in [-0.15, -0.1) is 0 Å². The average molecular weight is 795 g/mol. The second-order valence-corrected chi connectivity index (χ2v) is 23.1. The van der Waals surface area contributed by atoms with Crippen molar-refractivity contribution in [2.75, 3.05) is 0 Å². The van der Waals surface area contributed by atoms with Crippen molar-refractivity contribution in [1.29, 1.82) is 0 Å². The van der Waals surface area contributed by atoms with Gasteiger partial charge in [0, 0.05) is 14.7 Å². The largest absolute Gasteiger partial charge is 0.488 e. The van der Waals surface area contributed by atoms with Crippen LogP contribution in [0.15, 0.2) is 105 Å². The lowest BCUT2D eigenvalue weighted by Gasteiger charge is -2.40. The summed E-state index contributed by atoms with van der Waals surface area (Å²) in [5.74, 6) is 2.54. The van der Waals surface area contributed by atoms with Crippen LogP contribution in [0.25, 0.3) is 0 Å².